The summed E-state index contributed by atoms with van der Waals surface area (Å²) in [4.78, 5) is 28.9. The van der Waals surface area contributed by atoms with Crippen molar-refractivity contribution in [1.29, 1.82) is 0 Å². The first-order chi connectivity index (χ1) is 14.7. The van der Waals surface area contributed by atoms with E-state index < -0.39 is 0 Å². The maximum atomic E-state index is 12.2. The van der Waals surface area contributed by atoms with Gasteiger partial charge in [-0.15, -0.1) is 0 Å². The molecule has 1 atom stereocenters. The van der Waals surface area contributed by atoms with Crippen molar-refractivity contribution in [2.75, 3.05) is 44.4 Å². The number of amides is 1. The van der Waals surface area contributed by atoms with Gasteiger partial charge in [-0.25, -0.2) is 14.8 Å². The molecule has 30 heavy (non-hydrogen) atoms. The van der Waals surface area contributed by atoms with Crippen molar-refractivity contribution in [3.8, 4) is 11.6 Å². The topological polar surface area (TPSA) is 89.9 Å². The van der Waals surface area contributed by atoms with Gasteiger partial charge in [0.2, 0.25) is 0 Å². The van der Waals surface area contributed by atoms with E-state index in [9.17, 15) is 4.79 Å². The van der Waals surface area contributed by atoms with Crippen LogP contribution in [0.1, 0.15) is 26.7 Å². The normalized spacial score (nSPS) is 16.3. The van der Waals surface area contributed by atoms with Crippen molar-refractivity contribution < 1.29 is 19.0 Å². The molecule has 0 saturated carbocycles. The lowest BCUT2D eigenvalue weighted by Crippen LogP contribution is -2.54. The molecule has 0 spiro atoms. The molecule has 1 amide bonds. The van der Waals surface area contributed by atoms with Crippen LogP contribution in [0.5, 0.6) is 11.6 Å². The smallest absolute Gasteiger partial charge is 0.409 e. The molecule has 0 radical (unpaired) electrons. The lowest BCUT2D eigenvalue weighted by molar-refractivity contribution is 0.0943. The van der Waals surface area contributed by atoms with E-state index >= 15 is 0 Å². The molecule has 0 bridgehead atoms. The van der Waals surface area contributed by atoms with E-state index in [-0.39, 0.29) is 12.1 Å². The Bertz CT molecular complexity index is 792. The number of carbonyl (C=O) groups is 1. The van der Waals surface area contributed by atoms with Gasteiger partial charge in [-0.1, -0.05) is 13.3 Å². The average Bonchev–Trinajstić information content (AvgIpc) is 2.78. The van der Waals surface area contributed by atoms with Gasteiger partial charge in [-0.3, -0.25) is 4.98 Å². The number of carbonyl (C=O) groups excluding carboxylic acids is 1. The highest BCUT2D eigenvalue weighted by Crippen LogP contribution is 2.26. The van der Waals surface area contributed by atoms with Crippen LogP contribution in [0.25, 0.3) is 0 Å². The van der Waals surface area contributed by atoms with Gasteiger partial charge in [-0.2, -0.15) is 0 Å². The van der Waals surface area contributed by atoms with Gasteiger partial charge in [0.1, 0.15) is 19.0 Å². The van der Waals surface area contributed by atoms with Crippen LogP contribution in [0.2, 0.25) is 0 Å². The number of unbranched alkanes of at least 4 members (excludes halogenated alkanes) is 1. The summed E-state index contributed by atoms with van der Waals surface area (Å²) >= 11 is 0. The van der Waals surface area contributed by atoms with Crippen LogP contribution in [0.4, 0.5) is 10.6 Å². The zero-order chi connectivity index (χ0) is 21.2. The molecule has 0 aliphatic carbocycles. The summed E-state index contributed by atoms with van der Waals surface area (Å²) in [6, 6.07) is 3.72. The Morgan fingerprint density at radius 2 is 1.97 bits per heavy atom. The number of nitrogens with zero attached hydrogens (tertiary/aromatic N) is 5. The first kappa shape index (κ1) is 21.6. The Hall–Kier alpha value is -3.10. The molecule has 0 unspecified atom stereocenters. The van der Waals surface area contributed by atoms with Crippen molar-refractivity contribution in [3.63, 3.8) is 0 Å². The Morgan fingerprint density at radius 3 is 2.73 bits per heavy atom. The van der Waals surface area contributed by atoms with Gasteiger partial charge in [0.25, 0.3) is 5.88 Å². The molecule has 0 aromatic carbocycles. The minimum Gasteiger partial charge on any atom is -0.488 e. The second kappa shape index (κ2) is 11.2. The second-order valence-electron chi connectivity index (χ2n) is 7.03. The third kappa shape index (κ3) is 5.95. The molecule has 9 nitrogen and oxygen atoms in total. The molecule has 1 aliphatic heterocycles. The number of pyridine rings is 1. The minimum atomic E-state index is -0.252. The zero-order valence-electron chi connectivity index (χ0n) is 17.6. The van der Waals surface area contributed by atoms with Gasteiger partial charge in [0.05, 0.1) is 12.8 Å². The van der Waals surface area contributed by atoms with Crippen LogP contribution in [0.3, 0.4) is 0 Å². The van der Waals surface area contributed by atoms with Crippen LogP contribution in [-0.2, 0) is 4.74 Å². The predicted molar refractivity (Wildman–Crippen MR) is 112 cm³/mol. The fraction of sp³-hybridized carbons (Fsp3) is 0.524. The first-order valence-corrected chi connectivity index (χ1v) is 10.3. The Labute approximate surface area is 177 Å². The average molecular weight is 415 g/mol. The van der Waals surface area contributed by atoms with Gasteiger partial charge >= 0.3 is 6.09 Å². The first-order valence-electron chi connectivity index (χ1n) is 10.3. The largest absolute Gasteiger partial charge is 0.488 e. The van der Waals surface area contributed by atoms with Crippen molar-refractivity contribution >= 4 is 11.9 Å². The maximum absolute atomic E-state index is 12.2. The second-order valence-corrected chi connectivity index (χ2v) is 7.03. The number of hydrogen-bond donors (Lipinski definition) is 0. The number of aromatic nitrogens is 3. The zero-order valence-corrected chi connectivity index (χ0v) is 17.6. The monoisotopic (exact) mass is 415 g/mol. The maximum Gasteiger partial charge on any atom is 0.409 e. The Balaban J connectivity index is 1.53. The molecule has 1 saturated heterocycles. The van der Waals surface area contributed by atoms with Crippen molar-refractivity contribution in [3.05, 3.63) is 36.9 Å². The Morgan fingerprint density at radius 1 is 1.13 bits per heavy atom. The molecule has 3 heterocycles. The number of rotatable bonds is 9. The Kier molecular flexibility index (Phi) is 8.05. The summed E-state index contributed by atoms with van der Waals surface area (Å²) in [6.07, 6.45) is 8.23. The van der Waals surface area contributed by atoms with Crippen LogP contribution in [-0.4, -0.2) is 71.4 Å². The minimum absolute atomic E-state index is 0.0585. The fourth-order valence-corrected chi connectivity index (χ4v) is 3.18. The molecule has 2 aromatic heterocycles. The van der Waals surface area contributed by atoms with Gasteiger partial charge in [0, 0.05) is 44.3 Å². The molecule has 1 aliphatic rings. The molecule has 0 N–H and O–H groups in total. The highest BCUT2D eigenvalue weighted by atomic mass is 16.6. The lowest BCUT2D eigenvalue weighted by Gasteiger charge is -2.40. The summed E-state index contributed by atoms with van der Waals surface area (Å²) < 4.78 is 16.8. The van der Waals surface area contributed by atoms with Crippen molar-refractivity contribution in [2.24, 2.45) is 0 Å². The third-order valence-electron chi connectivity index (χ3n) is 4.75. The highest BCUT2D eigenvalue weighted by Gasteiger charge is 2.30. The predicted octanol–water partition coefficient (Wildman–Crippen LogP) is 2.78. The molecular weight excluding hydrogens is 386 g/mol. The fourth-order valence-electron chi connectivity index (χ4n) is 3.18. The van der Waals surface area contributed by atoms with Gasteiger partial charge < -0.3 is 24.0 Å². The van der Waals surface area contributed by atoms with Crippen molar-refractivity contribution in [1.82, 2.24) is 19.9 Å². The van der Waals surface area contributed by atoms with Crippen LogP contribution < -0.4 is 14.4 Å². The quantitative estimate of drug-likeness (QED) is 0.578. The summed E-state index contributed by atoms with van der Waals surface area (Å²) in [6.45, 7) is 7.04. The van der Waals surface area contributed by atoms with E-state index in [1.807, 2.05) is 12.1 Å². The molecule has 9 heteroatoms. The highest BCUT2D eigenvalue weighted by molar-refractivity contribution is 5.68. The summed E-state index contributed by atoms with van der Waals surface area (Å²) in [5, 5.41) is 0. The molecule has 3 rings (SSSR count). The van der Waals surface area contributed by atoms with E-state index in [2.05, 4.69) is 33.7 Å². The van der Waals surface area contributed by atoms with Crippen LogP contribution >= 0.6 is 0 Å². The molecule has 1 fully saturated rings. The summed E-state index contributed by atoms with van der Waals surface area (Å²) in [7, 11) is 0. The van der Waals surface area contributed by atoms with E-state index in [1.54, 1.807) is 29.7 Å². The summed E-state index contributed by atoms with van der Waals surface area (Å²) in [5.41, 5.74) is 0. The van der Waals surface area contributed by atoms with Gasteiger partial charge in [-0.05, 0) is 25.5 Å². The van der Waals surface area contributed by atoms with E-state index in [0.29, 0.717) is 56.9 Å². The number of piperazine rings is 1. The molecule has 2 aromatic rings. The van der Waals surface area contributed by atoms with Gasteiger partial charge in [0.15, 0.2) is 5.82 Å². The van der Waals surface area contributed by atoms with E-state index in [0.717, 1.165) is 12.8 Å². The third-order valence-corrected chi connectivity index (χ3v) is 4.75. The van der Waals surface area contributed by atoms with Crippen LogP contribution in [0.15, 0.2) is 36.9 Å². The number of anilines is 1. The standard InChI is InChI=1S/C21H29N5O4/c1-3-4-12-30-21(27)25-10-11-26(17(2)16-25)19-20(24-9-8-23-19)29-14-13-28-18-6-5-7-22-15-18/h5-9,15,17H,3-4,10-14,16H2,1-2H3/t17-/m1/s1. The molecular formula is C21H29N5O4. The van der Waals surface area contributed by atoms with E-state index in [1.165, 1.54) is 0 Å². The molecule has 162 valence electrons. The van der Waals surface area contributed by atoms with E-state index in [4.69, 9.17) is 14.2 Å². The summed E-state index contributed by atoms with van der Waals surface area (Å²) in [5.74, 6) is 1.82. The number of ether oxygens (including phenoxy) is 3. The SMILES string of the molecule is CCCCOC(=O)N1CCN(c2nccnc2OCCOc2cccnc2)[C@H](C)C1. The van der Waals surface area contributed by atoms with Crippen molar-refractivity contribution in [2.45, 2.75) is 32.7 Å². The number of hydrogen-bond acceptors (Lipinski definition) is 8. The van der Waals surface area contributed by atoms with Crippen LogP contribution in [0, 0.1) is 0 Å². The lowest BCUT2D eigenvalue weighted by atomic mass is 10.2.